The first-order valence-corrected chi connectivity index (χ1v) is 6.36. The molecule has 0 aromatic carbocycles. The molecular weight excluding hydrogens is 164 g/mol. The summed E-state index contributed by atoms with van der Waals surface area (Å²) in [6.45, 7) is 7.09. The molecule has 1 rings (SSSR count). The van der Waals surface area contributed by atoms with Crippen LogP contribution in [0.1, 0.15) is 46.5 Å². The van der Waals surface area contributed by atoms with Crippen molar-refractivity contribution in [1.29, 1.82) is 0 Å². The molecule has 0 aliphatic carbocycles. The van der Waals surface area contributed by atoms with E-state index in [2.05, 4.69) is 32.5 Å². The Kier molecular flexibility index (Phi) is 4.49. The lowest BCUT2D eigenvalue weighted by atomic mass is 9.95. The van der Waals surface area contributed by atoms with Crippen LogP contribution in [0.2, 0.25) is 0 Å². The molecule has 1 heterocycles. The van der Waals surface area contributed by atoms with Gasteiger partial charge in [0.05, 0.1) is 0 Å². The van der Waals surface area contributed by atoms with Gasteiger partial charge in [-0.1, -0.05) is 20.8 Å². The lowest BCUT2D eigenvalue weighted by molar-refractivity contribution is 0.436. The van der Waals surface area contributed by atoms with Gasteiger partial charge in [0.15, 0.2) is 0 Å². The maximum Gasteiger partial charge on any atom is 0.00727 e. The fourth-order valence-electron chi connectivity index (χ4n) is 1.86. The Morgan fingerprint density at radius 3 is 2.75 bits per heavy atom. The topological polar surface area (TPSA) is 0 Å². The fraction of sp³-hybridized carbons (Fsp3) is 1.00. The van der Waals surface area contributed by atoms with Gasteiger partial charge in [-0.25, -0.2) is 0 Å². The van der Waals surface area contributed by atoms with Gasteiger partial charge in [0.1, 0.15) is 0 Å². The van der Waals surface area contributed by atoms with Crippen LogP contribution in [-0.4, -0.2) is 11.0 Å². The minimum Gasteiger partial charge on any atom is -0.158 e. The third kappa shape index (κ3) is 3.38. The van der Waals surface area contributed by atoms with Crippen molar-refractivity contribution in [3.05, 3.63) is 0 Å². The highest BCUT2D eigenvalue weighted by Gasteiger charge is 2.21. The molecule has 1 heteroatoms. The summed E-state index contributed by atoms with van der Waals surface area (Å²) in [5.74, 6) is 3.27. The van der Waals surface area contributed by atoms with Gasteiger partial charge < -0.3 is 0 Å². The van der Waals surface area contributed by atoms with Crippen molar-refractivity contribution >= 4 is 11.8 Å². The maximum atomic E-state index is 2.43. The molecule has 0 aromatic heterocycles. The molecule has 0 radical (unpaired) electrons. The van der Waals surface area contributed by atoms with Crippen molar-refractivity contribution in [2.45, 2.75) is 51.7 Å². The molecule has 0 aromatic rings. The summed E-state index contributed by atoms with van der Waals surface area (Å²) in [7, 11) is 0. The van der Waals surface area contributed by atoms with E-state index in [1.54, 1.807) is 0 Å². The van der Waals surface area contributed by atoms with Gasteiger partial charge in [0.25, 0.3) is 0 Å². The van der Waals surface area contributed by atoms with Crippen molar-refractivity contribution in [3.63, 3.8) is 0 Å². The van der Waals surface area contributed by atoms with E-state index in [1.807, 2.05) is 0 Å². The zero-order valence-corrected chi connectivity index (χ0v) is 9.49. The second kappa shape index (κ2) is 5.16. The molecule has 2 atom stereocenters. The summed E-state index contributed by atoms with van der Waals surface area (Å²) in [6, 6.07) is 0. The molecule has 1 aliphatic rings. The van der Waals surface area contributed by atoms with Gasteiger partial charge in [0.2, 0.25) is 0 Å². The SMILES string of the molecule is CC(C)CCC1SCCCC1C. The molecule has 1 saturated heterocycles. The van der Waals surface area contributed by atoms with Gasteiger partial charge in [-0.3, -0.25) is 0 Å². The summed E-state index contributed by atoms with van der Waals surface area (Å²) >= 11 is 2.21. The fourth-order valence-corrected chi connectivity index (χ4v) is 3.26. The summed E-state index contributed by atoms with van der Waals surface area (Å²) in [5.41, 5.74) is 0. The monoisotopic (exact) mass is 186 g/mol. The van der Waals surface area contributed by atoms with Crippen molar-refractivity contribution in [2.75, 3.05) is 5.75 Å². The molecule has 1 aliphatic heterocycles. The second-order valence-electron chi connectivity index (χ2n) is 4.50. The smallest absolute Gasteiger partial charge is 0.00727 e. The Hall–Kier alpha value is 0.350. The minimum absolute atomic E-state index is 0.889. The highest BCUT2D eigenvalue weighted by Crippen LogP contribution is 2.33. The van der Waals surface area contributed by atoms with Crippen LogP contribution in [0.5, 0.6) is 0 Å². The van der Waals surface area contributed by atoms with Crippen molar-refractivity contribution in [1.82, 2.24) is 0 Å². The molecule has 0 nitrogen and oxygen atoms in total. The Balaban J connectivity index is 2.20. The predicted octanol–water partition coefficient (Wildman–Crippen LogP) is 3.95. The van der Waals surface area contributed by atoms with Gasteiger partial charge in [-0.15, -0.1) is 0 Å². The van der Waals surface area contributed by atoms with Crippen molar-refractivity contribution in [2.24, 2.45) is 11.8 Å². The summed E-state index contributed by atoms with van der Waals surface area (Å²) in [4.78, 5) is 0. The van der Waals surface area contributed by atoms with E-state index in [-0.39, 0.29) is 0 Å². The van der Waals surface area contributed by atoms with E-state index in [1.165, 1.54) is 31.4 Å². The highest BCUT2D eigenvalue weighted by atomic mass is 32.2. The number of thioether (sulfide) groups is 1. The van der Waals surface area contributed by atoms with E-state index in [0.29, 0.717) is 0 Å². The Bertz CT molecular complexity index is 120. The third-order valence-electron chi connectivity index (χ3n) is 2.80. The number of hydrogen-bond acceptors (Lipinski definition) is 1. The van der Waals surface area contributed by atoms with Gasteiger partial charge in [-0.2, -0.15) is 11.8 Å². The second-order valence-corrected chi connectivity index (χ2v) is 5.85. The lowest BCUT2D eigenvalue weighted by Crippen LogP contribution is -2.20. The molecular formula is C11H22S. The lowest BCUT2D eigenvalue weighted by Gasteiger charge is -2.28. The summed E-state index contributed by atoms with van der Waals surface area (Å²) in [6.07, 6.45) is 5.78. The zero-order valence-electron chi connectivity index (χ0n) is 8.68. The van der Waals surface area contributed by atoms with Crippen LogP contribution in [0.3, 0.4) is 0 Å². The van der Waals surface area contributed by atoms with Crippen molar-refractivity contribution < 1.29 is 0 Å². The van der Waals surface area contributed by atoms with Gasteiger partial charge in [-0.05, 0) is 43.3 Å². The highest BCUT2D eigenvalue weighted by molar-refractivity contribution is 7.99. The first-order chi connectivity index (χ1) is 5.70. The maximum absolute atomic E-state index is 2.43. The average Bonchev–Trinajstić information content (AvgIpc) is 2.03. The van der Waals surface area contributed by atoms with Gasteiger partial charge in [0, 0.05) is 5.25 Å². The molecule has 12 heavy (non-hydrogen) atoms. The van der Waals surface area contributed by atoms with E-state index >= 15 is 0 Å². The van der Waals surface area contributed by atoms with Crippen LogP contribution in [0.25, 0.3) is 0 Å². The zero-order chi connectivity index (χ0) is 8.97. The van der Waals surface area contributed by atoms with Gasteiger partial charge >= 0.3 is 0 Å². The summed E-state index contributed by atoms with van der Waals surface area (Å²) < 4.78 is 0. The molecule has 0 bridgehead atoms. The van der Waals surface area contributed by atoms with Crippen LogP contribution in [0.15, 0.2) is 0 Å². The Labute approximate surface area is 81.5 Å². The van der Waals surface area contributed by atoms with Crippen LogP contribution >= 0.6 is 11.8 Å². The summed E-state index contributed by atoms with van der Waals surface area (Å²) in [5, 5.41) is 0.973. The predicted molar refractivity (Wildman–Crippen MR) is 58.7 cm³/mol. The van der Waals surface area contributed by atoms with Crippen LogP contribution in [-0.2, 0) is 0 Å². The van der Waals surface area contributed by atoms with E-state index in [4.69, 9.17) is 0 Å². The third-order valence-corrected chi connectivity index (χ3v) is 4.45. The minimum atomic E-state index is 0.889. The van der Waals surface area contributed by atoms with E-state index in [9.17, 15) is 0 Å². The normalized spacial score (nSPS) is 31.0. The van der Waals surface area contributed by atoms with E-state index < -0.39 is 0 Å². The molecule has 0 spiro atoms. The number of hydrogen-bond donors (Lipinski definition) is 0. The Morgan fingerprint density at radius 2 is 2.17 bits per heavy atom. The van der Waals surface area contributed by atoms with Crippen LogP contribution in [0.4, 0.5) is 0 Å². The average molecular weight is 186 g/mol. The largest absolute Gasteiger partial charge is 0.158 e. The van der Waals surface area contributed by atoms with Crippen LogP contribution in [0, 0.1) is 11.8 Å². The molecule has 0 N–H and O–H groups in total. The number of rotatable bonds is 3. The quantitative estimate of drug-likeness (QED) is 0.643. The standard InChI is InChI=1S/C11H22S/c1-9(2)6-7-11-10(3)5-4-8-12-11/h9-11H,4-8H2,1-3H3. The Morgan fingerprint density at radius 1 is 1.42 bits per heavy atom. The first kappa shape index (κ1) is 10.4. The molecule has 72 valence electrons. The first-order valence-electron chi connectivity index (χ1n) is 5.31. The van der Waals surface area contributed by atoms with Crippen LogP contribution < -0.4 is 0 Å². The molecule has 0 saturated carbocycles. The molecule has 1 fully saturated rings. The van der Waals surface area contributed by atoms with E-state index in [0.717, 1.165) is 17.1 Å². The molecule has 0 amide bonds. The van der Waals surface area contributed by atoms with Crippen molar-refractivity contribution in [3.8, 4) is 0 Å². The molecule has 2 unspecified atom stereocenters.